The maximum atomic E-state index is 12.8. The first kappa shape index (κ1) is 14.4. The van der Waals surface area contributed by atoms with E-state index >= 15 is 0 Å². The van der Waals surface area contributed by atoms with E-state index in [9.17, 15) is 13.6 Å². The lowest BCUT2D eigenvalue weighted by molar-refractivity contribution is -0.122. The van der Waals surface area contributed by atoms with E-state index in [0.717, 1.165) is 12.1 Å². The van der Waals surface area contributed by atoms with Gasteiger partial charge in [0.2, 0.25) is 5.91 Å². The van der Waals surface area contributed by atoms with Gasteiger partial charge in [-0.1, -0.05) is 0 Å². The van der Waals surface area contributed by atoms with Crippen molar-refractivity contribution in [2.75, 3.05) is 6.61 Å². The number of hydrogen-bond acceptors (Lipinski definition) is 3. The number of carbonyl (C=O) groups is 1. The summed E-state index contributed by atoms with van der Waals surface area (Å²) >= 11 is 0. The van der Waals surface area contributed by atoms with E-state index in [0.29, 0.717) is 12.8 Å². The van der Waals surface area contributed by atoms with E-state index in [1.165, 1.54) is 13.0 Å². The van der Waals surface area contributed by atoms with E-state index in [1.807, 2.05) is 0 Å². The van der Waals surface area contributed by atoms with Crippen LogP contribution in [0.4, 0.5) is 8.78 Å². The van der Waals surface area contributed by atoms with Crippen LogP contribution in [0.3, 0.4) is 0 Å². The number of nitrogens with two attached hydrogens (primary N) is 2. The molecule has 1 rings (SSSR count). The summed E-state index contributed by atoms with van der Waals surface area (Å²) in [7, 11) is 0. The number of hydrogen-bond donors (Lipinski definition) is 2. The zero-order valence-electron chi connectivity index (χ0n) is 10.1. The second-order valence-electron chi connectivity index (χ2n) is 4.31. The minimum absolute atomic E-state index is 0.228. The standard InChI is InChI=1S/C12H16F2N2O2/c1-12(16,11(15)17)5-2-6-18-8-3-4-9(13)10(14)7-8/h3-4,7H,2,5-6,16H2,1H3,(H2,15,17). The number of amides is 1. The Hall–Kier alpha value is -1.69. The molecule has 1 aromatic carbocycles. The highest BCUT2D eigenvalue weighted by Gasteiger charge is 2.24. The van der Waals surface area contributed by atoms with Crippen molar-refractivity contribution in [3.05, 3.63) is 29.8 Å². The number of primary amides is 1. The molecule has 1 atom stereocenters. The van der Waals surface area contributed by atoms with Crippen molar-refractivity contribution in [2.24, 2.45) is 11.5 Å². The molecular weight excluding hydrogens is 242 g/mol. The molecule has 0 radical (unpaired) electrons. The molecule has 0 heterocycles. The average molecular weight is 258 g/mol. The van der Waals surface area contributed by atoms with Crippen molar-refractivity contribution >= 4 is 5.91 Å². The van der Waals surface area contributed by atoms with Crippen molar-refractivity contribution in [3.8, 4) is 5.75 Å². The minimum atomic E-state index is -1.09. The van der Waals surface area contributed by atoms with E-state index in [4.69, 9.17) is 16.2 Å². The van der Waals surface area contributed by atoms with Crippen LogP contribution in [0.15, 0.2) is 18.2 Å². The van der Waals surface area contributed by atoms with Crippen LogP contribution in [0.5, 0.6) is 5.75 Å². The van der Waals surface area contributed by atoms with Gasteiger partial charge in [0.1, 0.15) is 5.75 Å². The summed E-state index contributed by atoms with van der Waals surface area (Å²) in [5.74, 6) is -2.25. The molecular formula is C12H16F2N2O2. The van der Waals surface area contributed by atoms with Gasteiger partial charge >= 0.3 is 0 Å². The van der Waals surface area contributed by atoms with Gasteiger partial charge in [-0.05, 0) is 31.9 Å². The topological polar surface area (TPSA) is 78.3 Å². The Morgan fingerprint density at radius 2 is 2.06 bits per heavy atom. The van der Waals surface area contributed by atoms with Gasteiger partial charge in [-0.3, -0.25) is 4.79 Å². The van der Waals surface area contributed by atoms with Crippen LogP contribution in [0.25, 0.3) is 0 Å². The molecule has 18 heavy (non-hydrogen) atoms. The van der Waals surface area contributed by atoms with Crippen LogP contribution >= 0.6 is 0 Å². The Morgan fingerprint density at radius 1 is 1.39 bits per heavy atom. The summed E-state index contributed by atoms with van der Waals surface area (Å²) in [5, 5.41) is 0. The zero-order valence-corrected chi connectivity index (χ0v) is 10.1. The van der Waals surface area contributed by atoms with Gasteiger partial charge in [-0.15, -0.1) is 0 Å². The summed E-state index contributed by atoms with van der Waals surface area (Å²) in [5.41, 5.74) is 9.66. The molecule has 0 spiro atoms. The van der Waals surface area contributed by atoms with Crippen LogP contribution in [0.1, 0.15) is 19.8 Å². The van der Waals surface area contributed by atoms with Crippen LogP contribution in [-0.2, 0) is 4.79 Å². The largest absolute Gasteiger partial charge is 0.493 e. The van der Waals surface area contributed by atoms with Crippen molar-refractivity contribution < 1.29 is 18.3 Å². The highest BCUT2D eigenvalue weighted by molar-refractivity contribution is 5.83. The van der Waals surface area contributed by atoms with E-state index < -0.39 is 23.1 Å². The first-order valence-corrected chi connectivity index (χ1v) is 5.49. The molecule has 0 saturated carbocycles. The quantitative estimate of drug-likeness (QED) is 0.755. The SMILES string of the molecule is CC(N)(CCCOc1ccc(F)c(F)c1)C(N)=O. The average Bonchev–Trinajstić information content (AvgIpc) is 2.29. The fraction of sp³-hybridized carbons (Fsp3) is 0.417. The van der Waals surface area contributed by atoms with Crippen molar-refractivity contribution in [1.29, 1.82) is 0 Å². The van der Waals surface area contributed by atoms with Crippen LogP contribution in [0, 0.1) is 11.6 Å². The Morgan fingerprint density at radius 3 is 2.61 bits per heavy atom. The second-order valence-corrected chi connectivity index (χ2v) is 4.31. The number of carbonyl (C=O) groups excluding carboxylic acids is 1. The van der Waals surface area contributed by atoms with Gasteiger partial charge in [0.15, 0.2) is 11.6 Å². The Kier molecular flexibility index (Phi) is 4.61. The van der Waals surface area contributed by atoms with Crippen LogP contribution in [-0.4, -0.2) is 18.1 Å². The lowest BCUT2D eigenvalue weighted by Gasteiger charge is -2.20. The monoisotopic (exact) mass is 258 g/mol. The molecule has 1 amide bonds. The van der Waals surface area contributed by atoms with Crippen molar-refractivity contribution in [1.82, 2.24) is 0 Å². The fourth-order valence-corrected chi connectivity index (χ4v) is 1.32. The molecule has 0 aliphatic heterocycles. The predicted molar refractivity (Wildman–Crippen MR) is 62.9 cm³/mol. The summed E-state index contributed by atoms with van der Waals surface area (Å²) in [6, 6.07) is 3.28. The van der Waals surface area contributed by atoms with E-state index in [-0.39, 0.29) is 12.4 Å². The molecule has 4 nitrogen and oxygen atoms in total. The summed E-state index contributed by atoms with van der Waals surface area (Å²) < 4.78 is 30.7. The molecule has 0 aliphatic rings. The normalized spacial score (nSPS) is 14.0. The second kappa shape index (κ2) is 5.77. The number of benzene rings is 1. The molecule has 1 aromatic rings. The minimum Gasteiger partial charge on any atom is -0.493 e. The third kappa shape index (κ3) is 3.96. The van der Waals surface area contributed by atoms with Crippen LogP contribution in [0.2, 0.25) is 0 Å². The van der Waals surface area contributed by atoms with Crippen LogP contribution < -0.4 is 16.2 Å². The molecule has 0 fully saturated rings. The molecule has 0 saturated heterocycles. The molecule has 0 bridgehead atoms. The van der Waals surface area contributed by atoms with Gasteiger partial charge in [0.25, 0.3) is 0 Å². The smallest absolute Gasteiger partial charge is 0.237 e. The van der Waals surface area contributed by atoms with Gasteiger partial charge in [0.05, 0.1) is 12.1 Å². The molecule has 6 heteroatoms. The first-order valence-electron chi connectivity index (χ1n) is 5.49. The first-order chi connectivity index (χ1) is 8.33. The summed E-state index contributed by atoms with van der Waals surface area (Å²) in [4.78, 5) is 10.9. The van der Waals surface area contributed by atoms with Crippen molar-refractivity contribution in [2.45, 2.75) is 25.3 Å². The number of rotatable bonds is 6. The molecule has 100 valence electrons. The maximum Gasteiger partial charge on any atom is 0.237 e. The lowest BCUT2D eigenvalue weighted by Crippen LogP contribution is -2.49. The van der Waals surface area contributed by atoms with Crippen molar-refractivity contribution in [3.63, 3.8) is 0 Å². The summed E-state index contributed by atoms with van der Waals surface area (Å²) in [6.07, 6.45) is 0.834. The van der Waals surface area contributed by atoms with Gasteiger partial charge < -0.3 is 16.2 Å². The Labute approximate surface area is 104 Å². The van der Waals surface area contributed by atoms with E-state index in [1.54, 1.807) is 0 Å². The lowest BCUT2D eigenvalue weighted by atomic mass is 9.97. The maximum absolute atomic E-state index is 12.8. The predicted octanol–water partition coefficient (Wildman–Crippen LogP) is 1.33. The number of ether oxygens (including phenoxy) is 1. The van der Waals surface area contributed by atoms with E-state index in [2.05, 4.69) is 0 Å². The molecule has 1 unspecified atom stereocenters. The van der Waals surface area contributed by atoms with Gasteiger partial charge in [-0.25, -0.2) is 8.78 Å². The Bertz CT molecular complexity index is 436. The molecule has 4 N–H and O–H groups in total. The fourth-order valence-electron chi connectivity index (χ4n) is 1.32. The van der Waals surface area contributed by atoms with Gasteiger partial charge in [-0.2, -0.15) is 0 Å². The highest BCUT2D eigenvalue weighted by Crippen LogP contribution is 2.16. The Balaban J connectivity index is 2.38. The zero-order chi connectivity index (χ0) is 13.8. The third-order valence-electron chi connectivity index (χ3n) is 2.56. The summed E-state index contributed by atoms with van der Waals surface area (Å²) in [6.45, 7) is 1.78. The highest BCUT2D eigenvalue weighted by atomic mass is 19.2. The van der Waals surface area contributed by atoms with Gasteiger partial charge in [0, 0.05) is 6.07 Å². The third-order valence-corrected chi connectivity index (χ3v) is 2.56. The molecule has 0 aromatic heterocycles. The molecule has 0 aliphatic carbocycles. The number of halogens is 2.